The van der Waals surface area contributed by atoms with Crippen LogP contribution in [0.3, 0.4) is 0 Å². The quantitative estimate of drug-likeness (QED) is 0.277. The zero-order chi connectivity index (χ0) is 28.8. The number of aliphatic hydroxyl groups excluding tert-OH is 1. The minimum Gasteiger partial charge on any atom is -0.395 e. The second-order valence-corrected chi connectivity index (χ2v) is 11.1. The van der Waals surface area contributed by atoms with Crippen molar-refractivity contribution in [3.63, 3.8) is 0 Å². The number of likely N-dealkylation sites (tertiary alicyclic amines) is 1. The van der Waals surface area contributed by atoms with E-state index >= 15 is 4.39 Å². The lowest BCUT2D eigenvalue weighted by atomic mass is 10.00. The fraction of sp³-hybridized carbons (Fsp3) is 0.552. The Hall–Kier alpha value is -3.64. The number of nitrogens with zero attached hydrogens (tertiary/aromatic N) is 5. The molecule has 1 aromatic heterocycles. The summed E-state index contributed by atoms with van der Waals surface area (Å²) in [6.07, 6.45) is 2.73. The number of β-amino-alcohol motifs (C(OH)–C–C–N with tert-alkyl or cyclic N) is 1. The van der Waals surface area contributed by atoms with Crippen molar-refractivity contribution in [1.29, 1.82) is 0 Å². The Bertz CT molecular complexity index is 1260. The SMILES string of the molecule is C/C(=N\OCC1CC1)C(=O)N1CCC(Nc2cc(C(=O)NC[C@H](O)CN3CCc4ccccc4C3)ncn2)C(F)C1. The highest BCUT2D eigenvalue weighted by Crippen LogP contribution is 2.29. The van der Waals surface area contributed by atoms with E-state index in [0.717, 1.165) is 32.4 Å². The van der Waals surface area contributed by atoms with Gasteiger partial charge in [-0.3, -0.25) is 14.5 Å². The van der Waals surface area contributed by atoms with Crippen LogP contribution < -0.4 is 10.6 Å². The van der Waals surface area contributed by atoms with E-state index in [9.17, 15) is 14.7 Å². The summed E-state index contributed by atoms with van der Waals surface area (Å²) in [6, 6.07) is 9.18. The molecule has 3 aliphatic rings. The van der Waals surface area contributed by atoms with E-state index in [1.165, 1.54) is 28.4 Å². The fourth-order valence-corrected chi connectivity index (χ4v) is 5.17. The monoisotopic (exact) mass is 567 g/mol. The number of amides is 2. The predicted molar refractivity (Wildman–Crippen MR) is 151 cm³/mol. The van der Waals surface area contributed by atoms with Crippen LogP contribution in [-0.2, 0) is 22.6 Å². The number of alkyl halides is 1. The molecule has 2 fully saturated rings. The summed E-state index contributed by atoms with van der Waals surface area (Å²) >= 11 is 0. The van der Waals surface area contributed by atoms with Gasteiger partial charge in [0.05, 0.1) is 18.7 Å². The van der Waals surface area contributed by atoms with Crippen molar-refractivity contribution >= 4 is 23.3 Å². The predicted octanol–water partition coefficient (Wildman–Crippen LogP) is 1.78. The number of benzene rings is 1. The van der Waals surface area contributed by atoms with E-state index in [-0.39, 0.29) is 30.4 Å². The van der Waals surface area contributed by atoms with Gasteiger partial charge in [-0.2, -0.15) is 0 Å². The van der Waals surface area contributed by atoms with Crippen LogP contribution >= 0.6 is 0 Å². The maximum Gasteiger partial charge on any atom is 0.271 e. The molecule has 41 heavy (non-hydrogen) atoms. The molecule has 11 nitrogen and oxygen atoms in total. The van der Waals surface area contributed by atoms with Crippen molar-refractivity contribution in [1.82, 2.24) is 25.1 Å². The van der Waals surface area contributed by atoms with E-state index in [1.54, 1.807) is 6.92 Å². The Balaban J connectivity index is 1.06. The molecule has 1 saturated carbocycles. The van der Waals surface area contributed by atoms with Gasteiger partial charge < -0.3 is 25.5 Å². The van der Waals surface area contributed by atoms with Crippen molar-refractivity contribution in [2.45, 2.75) is 57.5 Å². The number of anilines is 1. The molecule has 1 saturated heterocycles. The second-order valence-electron chi connectivity index (χ2n) is 11.1. The maximum absolute atomic E-state index is 15.0. The van der Waals surface area contributed by atoms with E-state index in [4.69, 9.17) is 4.84 Å². The van der Waals surface area contributed by atoms with Crippen molar-refractivity contribution in [2.24, 2.45) is 11.1 Å². The standard InChI is InChI=1S/C29H38FN7O4/c1-19(35-41-17-20-6-7-20)29(40)37-11-9-25(24(30)16-37)34-27-12-26(32-18-33-27)28(39)31-13-23(38)15-36-10-8-21-4-2-3-5-22(21)14-36/h2-5,12,18,20,23-25,38H,6-11,13-17H2,1H3,(H,31,39)(H,32,33,34)/b35-19+/t23-,24?,25?/m0/s1. The molecule has 1 aromatic carbocycles. The average Bonchev–Trinajstić information content (AvgIpc) is 3.81. The number of hydrogen-bond acceptors (Lipinski definition) is 9. The highest BCUT2D eigenvalue weighted by molar-refractivity contribution is 6.37. The maximum atomic E-state index is 15.0. The van der Waals surface area contributed by atoms with E-state index in [1.807, 2.05) is 12.1 Å². The number of aromatic nitrogens is 2. The first-order chi connectivity index (χ1) is 19.9. The Morgan fingerprint density at radius 1 is 1.20 bits per heavy atom. The smallest absolute Gasteiger partial charge is 0.271 e. The largest absolute Gasteiger partial charge is 0.395 e. The molecule has 220 valence electrons. The first kappa shape index (κ1) is 28.9. The normalized spacial score (nSPS) is 22.0. The summed E-state index contributed by atoms with van der Waals surface area (Å²) in [7, 11) is 0. The molecule has 5 rings (SSSR count). The van der Waals surface area contributed by atoms with Crippen LogP contribution in [0.5, 0.6) is 0 Å². The van der Waals surface area contributed by atoms with Gasteiger partial charge in [0.1, 0.15) is 36.3 Å². The fourth-order valence-electron chi connectivity index (χ4n) is 5.17. The van der Waals surface area contributed by atoms with E-state index in [2.05, 4.69) is 42.8 Å². The Morgan fingerprint density at radius 2 is 2.00 bits per heavy atom. The van der Waals surface area contributed by atoms with Gasteiger partial charge in [0, 0.05) is 38.8 Å². The summed E-state index contributed by atoms with van der Waals surface area (Å²) in [6.45, 7) is 4.51. The van der Waals surface area contributed by atoms with Crippen LogP contribution in [0.2, 0.25) is 0 Å². The Kier molecular flexibility index (Phi) is 9.40. The summed E-state index contributed by atoms with van der Waals surface area (Å²) in [5.41, 5.74) is 2.93. The zero-order valence-electron chi connectivity index (χ0n) is 23.3. The van der Waals surface area contributed by atoms with Gasteiger partial charge in [-0.25, -0.2) is 14.4 Å². The molecule has 12 heteroatoms. The lowest BCUT2D eigenvalue weighted by molar-refractivity contribution is -0.126. The van der Waals surface area contributed by atoms with Gasteiger partial charge in [0.25, 0.3) is 11.8 Å². The van der Waals surface area contributed by atoms with E-state index < -0.39 is 24.2 Å². The first-order valence-corrected chi connectivity index (χ1v) is 14.3. The van der Waals surface area contributed by atoms with Crippen LogP contribution in [0.4, 0.5) is 10.2 Å². The topological polar surface area (TPSA) is 132 Å². The van der Waals surface area contributed by atoms with Gasteiger partial charge in [0.15, 0.2) is 0 Å². The number of halogens is 1. The third-order valence-electron chi connectivity index (χ3n) is 7.76. The first-order valence-electron chi connectivity index (χ1n) is 14.3. The number of aliphatic hydroxyl groups is 1. The number of fused-ring (bicyclic) bond motifs is 1. The number of rotatable bonds is 11. The van der Waals surface area contributed by atoms with Gasteiger partial charge in [-0.05, 0) is 49.7 Å². The molecule has 2 aliphatic heterocycles. The van der Waals surface area contributed by atoms with Crippen molar-refractivity contribution in [2.75, 3.05) is 44.6 Å². The number of hydrogen-bond donors (Lipinski definition) is 3. The molecule has 0 spiro atoms. The third-order valence-corrected chi connectivity index (χ3v) is 7.76. The van der Waals surface area contributed by atoms with Crippen molar-refractivity contribution in [3.8, 4) is 0 Å². The summed E-state index contributed by atoms with van der Waals surface area (Å²) in [5.74, 6) is 0.0586. The van der Waals surface area contributed by atoms with Gasteiger partial charge in [-0.15, -0.1) is 0 Å². The molecule has 0 bridgehead atoms. The zero-order valence-corrected chi connectivity index (χ0v) is 23.3. The van der Waals surface area contributed by atoms with Gasteiger partial charge >= 0.3 is 0 Å². The molecule has 2 aromatic rings. The molecule has 3 heterocycles. The van der Waals surface area contributed by atoms with Crippen LogP contribution in [0.1, 0.15) is 47.8 Å². The molecule has 3 atom stereocenters. The third kappa shape index (κ3) is 7.98. The number of piperidine rings is 1. The number of carbonyl (C=O) groups excluding carboxylic acids is 2. The molecular formula is C29H38FN7O4. The molecule has 3 N–H and O–H groups in total. The minimum absolute atomic E-state index is 0.0785. The van der Waals surface area contributed by atoms with Crippen molar-refractivity contribution < 1.29 is 23.9 Å². The van der Waals surface area contributed by atoms with Crippen LogP contribution in [0, 0.1) is 5.92 Å². The second kappa shape index (κ2) is 13.3. The molecule has 2 amide bonds. The summed E-state index contributed by atoms with van der Waals surface area (Å²) in [4.78, 5) is 42.4. The average molecular weight is 568 g/mol. The summed E-state index contributed by atoms with van der Waals surface area (Å²) < 4.78 is 15.0. The molecule has 2 unspecified atom stereocenters. The molecule has 1 aliphatic carbocycles. The van der Waals surface area contributed by atoms with Crippen LogP contribution in [0.15, 0.2) is 41.8 Å². The van der Waals surface area contributed by atoms with Crippen LogP contribution in [0.25, 0.3) is 0 Å². The molecular weight excluding hydrogens is 529 g/mol. The highest BCUT2D eigenvalue weighted by Gasteiger charge is 2.33. The number of nitrogens with one attached hydrogen (secondary N) is 2. The Morgan fingerprint density at radius 3 is 2.78 bits per heavy atom. The Labute approximate surface area is 239 Å². The molecule has 0 radical (unpaired) electrons. The summed E-state index contributed by atoms with van der Waals surface area (Å²) in [5, 5.41) is 20.2. The lowest BCUT2D eigenvalue weighted by Gasteiger charge is -2.35. The van der Waals surface area contributed by atoms with Gasteiger partial charge in [-0.1, -0.05) is 29.4 Å². The lowest BCUT2D eigenvalue weighted by Crippen LogP contribution is -2.51. The number of carbonyl (C=O) groups is 2. The minimum atomic E-state index is -1.34. The highest BCUT2D eigenvalue weighted by atomic mass is 19.1. The van der Waals surface area contributed by atoms with Crippen molar-refractivity contribution in [3.05, 3.63) is 53.5 Å². The number of oxime groups is 1. The van der Waals surface area contributed by atoms with Gasteiger partial charge in [0.2, 0.25) is 0 Å². The van der Waals surface area contributed by atoms with E-state index in [0.29, 0.717) is 37.9 Å². The van der Waals surface area contributed by atoms with Crippen LogP contribution in [-0.4, -0.2) is 100 Å².